The molecule has 0 radical (unpaired) electrons. The molecule has 0 aliphatic heterocycles. The number of hydrogen-bond donors (Lipinski definition) is 1. The highest BCUT2D eigenvalue weighted by Gasteiger charge is 2.24. The molecule has 8 nitrogen and oxygen atoms in total. The summed E-state index contributed by atoms with van der Waals surface area (Å²) in [7, 11) is 0.702. The smallest absolute Gasteiger partial charge is 0.240 e. The topological polar surface area (TPSA) is 94.2 Å². The molecule has 0 fully saturated rings. The molecule has 0 spiro atoms. The fourth-order valence-corrected chi connectivity index (χ4v) is 2.70. The molecule has 9 heteroatoms. The normalized spacial score (nSPS) is 11.0. The lowest BCUT2D eigenvalue weighted by molar-refractivity contribution is -0.119. The van der Waals surface area contributed by atoms with E-state index < -0.39 is 15.9 Å². The van der Waals surface area contributed by atoms with Crippen LogP contribution in [-0.2, 0) is 19.6 Å². The highest BCUT2D eigenvalue weighted by molar-refractivity contribution is 7.92. The zero-order chi connectivity index (χ0) is 17.5. The molecule has 0 atom stereocenters. The Labute approximate surface area is 136 Å². The van der Waals surface area contributed by atoms with Crippen LogP contribution in [0, 0.1) is 0 Å². The standard InChI is InChI=1S/C14H22N2O6S/c1-20-8-7-15-14(17)10-16(23(4,18)19)12-9-11(21-2)5-6-13(12)22-3/h5-6,9H,7-8,10H2,1-4H3,(H,15,17). The predicted octanol–water partition coefficient (Wildman–Crippen LogP) is 0.232. The van der Waals surface area contributed by atoms with Crippen LogP contribution in [0.3, 0.4) is 0 Å². The first-order valence-corrected chi connectivity index (χ1v) is 8.63. The van der Waals surface area contributed by atoms with Crippen molar-refractivity contribution in [1.82, 2.24) is 5.32 Å². The van der Waals surface area contributed by atoms with Crippen LogP contribution >= 0.6 is 0 Å². The lowest BCUT2D eigenvalue weighted by atomic mass is 10.2. The number of carbonyl (C=O) groups excluding carboxylic acids is 1. The minimum absolute atomic E-state index is 0.233. The number of rotatable bonds is 9. The number of anilines is 1. The minimum atomic E-state index is -3.70. The molecular weight excluding hydrogens is 324 g/mol. The van der Waals surface area contributed by atoms with E-state index in [4.69, 9.17) is 14.2 Å². The van der Waals surface area contributed by atoms with E-state index in [2.05, 4.69) is 5.32 Å². The Morgan fingerprint density at radius 3 is 2.43 bits per heavy atom. The van der Waals surface area contributed by atoms with Crippen molar-refractivity contribution in [1.29, 1.82) is 0 Å². The highest BCUT2D eigenvalue weighted by atomic mass is 32.2. The molecule has 0 aromatic heterocycles. The van der Waals surface area contributed by atoms with Crippen molar-refractivity contribution >= 4 is 21.6 Å². The molecular formula is C14H22N2O6S. The van der Waals surface area contributed by atoms with E-state index in [0.29, 0.717) is 24.7 Å². The van der Waals surface area contributed by atoms with Gasteiger partial charge in [0.05, 0.1) is 32.8 Å². The first kappa shape index (κ1) is 19.0. The third-order valence-corrected chi connectivity index (χ3v) is 4.10. The highest BCUT2D eigenvalue weighted by Crippen LogP contribution is 2.33. The van der Waals surface area contributed by atoms with Gasteiger partial charge in [0.1, 0.15) is 18.0 Å². The van der Waals surface area contributed by atoms with Crippen LogP contribution in [0.15, 0.2) is 18.2 Å². The summed E-state index contributed by atoms with van der Waals surface area (Å²) in [6.07, 6.45) is 1.02. The summed E-state index contributed by atoms with van der Waals surface area (Å²) in [5.41, 5.74) is 0.233. The molecule has 1 N–H and O–H groups in total. The van der Waals surface area contributed by atoms with Gasteiger partial charge in [-0.15, -0.1) is 0 Å². The molecule has 23 heavy (non-hydrogen) atoms. The zero-order valence-corrected chi connectivity index (χ0v) is 14.5. The Bertz CT molecular complexity index is 632. The fraction of sp³-hybridized carbons (Fsp3) is 0.500. The van der Waals surface area contributed by atoms with E-state index in [1.54, 1.807) is 12.1 Å². The summed E-state index contributed by atoms with van der Waals surface area (Å²) in [4.78, 5) is 12.0. The SMILES string of the molecule is COCCNC(=O)CN(c1cc(OC)ccc1OC)S(C)(=O)=O. The predicted molar refractivity (Wildman–Crippen MR) is 86.6 cm³/mol. The lowest BCUT2D eigenvalue weighted by Crippen LogP contribution is -2.41. The number of nitrogens with zero attached hydrogens (tertiary/aromatic N) is 1. The molecule has 0 unspecified atom stereocenters. The lowest BCUT2D eigenvalue weighted by Gasteiger charge is -2.24. The van der Waals surface area contributed by atoms with Crippen molar-refractivity contribution in [3.63, 3.8) is 0 Å². The summed E-state index contributed by atoms with van der Waals surface area (Å²) in [5, 5.41) is 2.58. The Hall–Kier alpha value is -2.00. The molecule has 0 heterocycles. The molecule has 1 rings (SSSR count). The largest absolute Gasteiger partial charge is 0.497 e. The van der Waals surface area contributed by atoms with Gasteiger partial charge in [-0.3, -0.25) is 9.10 Å². The second-order valence-corrected chi connectivity index (χ2v) is 6.56. The van der Waals surface area contributed by atoms with Crippen LogP contribution in [0.4, 0.5) is 5.69 Å². The van der Waals surface area contributed by atoms with Crippen LogP contribution < -0.4 is 19.1 Å². The number of benzene rings is 1. The average molecular weight is 346 g/mol. The van der Waals surface area contributed by atoms with Crippen LogP contribution in [0.5, 0.6) is 11.5 Å². The summed E-state index contributed by atoms with van der Waals surface area (Å²) in [6, 6.07) is 4.72. The molecule has 1 aromatic carbocycles. The van der Waals surface area contributed by atoms with Crippen molar-refractivity contribution in [2.24, 2.45) is 0 Å². The van der Waals surface area contributed by atoms with Gasteiger partial charge in [-0.05, 0) is 12.1 Å². The van der Waals surface area contributed by atoms with Gasteiger partial charge in [-0.25, -0.2) is 8.42 Å². The van der Waals surface area contributed by atoms with Gasteiger partial charge < -0.3 is 19.5 Å². The maximum atomic E-state index is 12.1. The molecule has 130 valence electrons. The second kappa shape index (κ2) is 8.59. The van der Waals surface area contributed by atoms with E-state index in [0.717, 1.165) is 10.6 Å². The quantitative estimate of drug-likeness (QED) is 0.644. The van der Waals surface area contributed by atoms with Gasteiger partial charge >= 0.3 is 0 Å². The molecule has 0 saturated heterocycles. The van der Waals surface area contributed by atoms with Crippen molar-refractivity contribution in [3.05, 3.63) is 18.2 Å². The number of hydrogen-bond acceptors (Lipinski definition) is 6. The first-order chi connectivity index (χ1) is 10.8. The Morgan fingerprint density at radius 1 is 1.22 bits per heavy atom. The van der Waals surface area contributed by atoms with Gasteiger partial charge in [0.2, 0.25) is 15.9 Å². The molecule has 0 saturated carbocycles. The van der Waals surface area contributed by atoms with Crippen molar-refractivity contribution in [2.45, 2.75) is 0 Å². The van der Waals surface area contributed by atoms with Crippen LogP contribution in [0.1, 0.15) is 0 Å². The Morgan fingerprint density at radius 2 is 1.91 bits per heavy atom. The van der Waals surface area contributed by atoms with Crippen molar-refractivity contribution in [2.75, 3.05) is 51.6 Å². The van der Waals surface area contributed by atoms with Gasteiger partial charge in [0.15, 0.2) is 0 Å². The number of sulfonamides is 1. The van der Waals surface area contributed by atoms with Gasteiger partial charge in [-0.1, -0.05) is 0 Å². The second-order valence-electron chi connectivity index (χ2n) is 4.65. The van der Waals surface area contributed by atoms with Crippen LogP contribution in [0.2, 0.25) is 0 Å². The molecule has 1 amide bonds. The molecule has 0 bridgehead atoms. The van der Waals surface area contributed by atoms with Crippen molar-refractivity contribution < 1.29 is 27.4 Å². The average Bonchev–Trinajstić information content (AvgIpc) is 2.51. The van der Waals surface area contributed by atoms with E-state index in [1.165, 1.54) is 27.4 Å². The van der Waals surface area contributed by atoms with Crippen LogP contribution in [0.25, 0.3) is 0 Å². The van der Waals surface area contributed by atoms with Gasteiger partial charge in [0.25, 0.3) is 0 Å². The summed E-state index contributed by atoms with van der Waals surface area (Å²) in [5.74, 6) is 0.326. The molecule has 1 aromatic rings. The Balaban J connectivity index is 3.10. The maximum Gasteiger partial charge on any atom is 0.240 e. The Kier molecular flexibility index (Phi) is 7.11. The van der Waals surface area contributed by atoms with Gasteiger partial charge in [0, 0.05) is 19.7 Å². The maximum absolute atomic E-state index is 12.1. The van der Waals surface area contributed by atoms with E-state index in [9.17, 15) is 13.2 Å². The first-order valence-electron chi connectivity index (χ1n) is 6.78. The van der Waals surface area contributed by atoms with E-state index in [-0.39, 0.29) is 12.2 Å². The summed E-state index contributed by atoms with van der Waals surface area (Å²) < 4.78 is 40.3. The fourth-order valence-electron chi connectivity index (χ4n) is 1.85. The molecule has 0 aliphatic rings. The third kappa shape index (κ3) is 5.61. The van der Waals surface area contributed by atoms with Gasteiger partial charge in [-0.2, -0.15) is 0 Å². The number of methoxy groups -OCH3 is 3. The molecule has 0 aliphatic carbocycles. The number of carbonyl (C=O) groups is 1. The van der Waals surface area contributed by atoms with E-state index >= 15 is 0 Å². The minimum Gasteiger partial charge on any atom is -0.497 e. The zero-order valence-electron chi connectivity index (χ0n) is 13.7. The number of amides is 1. The summed E-state index contributed by atoms with van der Waals surface area (Å²) >= 11 is 0. The monoisotopic (exact) mass is 346 g/mol. The summed E-state index contributed by atoms with van der Waals surface area (Å²) in [6.45, 7) is 0.265. The third-order valence-electron chi connectivity index (χ3n) is 2.97. The van der Waals surface area contributed by atoms with E-state index in [1.807, 2.05) is 0 Å². The number of nitrogens with one attached hydrogen (secondary N) is 1. The van der Waals surface area contributed by atoms with Crippen LogP contribution in [-0.4, -0.2) is 61.6 Å². The number of ether oxygens (including phenoxy) is 3. The van der Waals surface area contributed by atoms with Crippen molar-refractivity contribution in [3.8, 4) is 11.5 Å².